The second-order valence-electron chi connectivity index (χ2n) is 5.99. The molecular formula is C18H31O3PS. The van der Waals surface area contributed by atoms with Crippen molar-refractivity contribution in [1.82, 2.24) is 0 Å². The van der Waals surface area contributed by atoms with Gasteiger partial charge >= 0.3 is 0 Å². The largest absolute Gasteiger partial charge is 0.296 e. The quantitative estimate of drug-likeness (QED) is 0.294. The maximum Gasteiger partial charge on any atom is 0.296 e. The monoisotopic (exact) mass is 358 g/mol. The first-order valence-electron chi connectivity index (χ1n) is 8.68. The lowest BCUT2D eigenvalue weighted by Gasteiger charge is -2.17. The van der Waals surface area contributed by atoms with Crippen molar-refractivity contribution in [3.8, 4) is 0 Å². The molecule has 1 aromatic carbocycles. The maximum atomic E-state index is 12.1. The van der Waals surface area contributed by atoms with Crippen molar-refractivity contribution < 1.29 is 12.6 Å². The molecule has 0 amide bonds. The molecule has 1 aromatic rings. The van der Waals surface area contributed by atoms with Gasteiger partial charge in [-0.05, 0) is 56.8 Å². The highest BCUT2D eigenvalue weighted by atomic mass is 32.2. The Kier molecular flexibility index (Phi) is 10.0. The van der Waals surface area contributed by atoms with Gasteiger partial charge in [0, 0.05) is 0 Å². The average molecular weight is 358 g/mol. The minimum absolute atomic E-state index is 0.0467. The van der Waals surface area contributed by atoms with E-state index < -0.39 is 10.1 Å². The first-order valence-corrected chi connectivity index (χ1v) is 12.0. The molecule has 0 aliphatic carbocycles. The predicted octanol–water partition coefficient (Wildman–Crippen LogP) is 5.17. The van der Waals surface area contributed by atoms with Crippen molar-refractivity contribution in [2.45, 2.75) is 57.8 Å². The van der Waals surface area contributed by atoms with E-state index in [4.69, 9.17) is 4.18 Å². The summed E-state index contributed by atoms with van der Waals surface area (Å²) in [5, 5.41) is 0. The molecule has 0 atom stereocenters. The standard InChI is InChI=1S/C18H31O3PS/c1-4-6-14-22(15-7-5-2)16-8-13-21-23(19,20)18-11-9-17(3)10-12-18/h9-12H,4-8,13-16H2,1-3H3. The van der Waals surface area contributed by atoms with Crippen LogP contribution < -0.4 is 0 Å². The van der Waals surface area contributed by atoms with Crippen molar-refractivity contribution in [3.05, 3.63) is 29.8 Å². The van der Waals surface area contributed by atoms with E-state index in [2.05, 4.69) is 13.8 Å². The molecule has 132 valence electrons. The van der Waals surface area contributed by atoms with Crippen molar-refractivity contribution >= 4 is 18.0 Å². The van der Waals surface area contributed by atoms with Gasteiger partial charge in [0.1, 0.15) is 0 Å². The number of hydrogen-bond donors (Lipinski definition) is 0. The molecule has 0 heterocycles. The first kappa shape index (κ1) is 20.6. The SMILES string of the molecule is CCCCP(CCCC)CCCOS(=O)(=O)c1ccc(C)cc1. The van der Waals surface area contributed by atoms with Crippen molar-refractivity contribution in [3.63, 3.8) is 0 Å². The molecule has 0 bridgehead atoms. The Labute approximate surface area is 143 Å². The molecule has 1 rings (SSSR count). The van der Waals surface area contributed by atoms with Gasteiger partial charge < -0.3 is 0 Å². The van der Waals surface area contributed by atoms with Gasteiger partial charge in [-0.25, -0.2) is 0 Å². The lowest BCUT2D eigenvalue weighted by atomic mass is 10.2. The summed E-state index contributed by atoms with van der Waals surface area (Å²) < 4.78 is 29.4. The van der Waals surface area contributed by atoms with E-state index in [0.717, 1.165) is 18.1 Å². The molecule has 5 heteroatoms. The molecule has 0 aliphatic heterocycles. The Morgan fingerprint density at radius 3 is 1.96 bits per heavy atom. The van der Waals surface area contributed by atoms with E-state index in [0.29, 0.717) is 6.61 Å². The predicted molar refractivity (Wildman–Crippen MR) is 100 cm³/mol. The summed E-state index contributed by atoms with van der Waals surface area (Å²) in [6.45, 7) is 6.69. The van der Waals surface area contributed by atoms with Crippen LogP contribution in [0, 0.1) is 6.92 Å². The summed E-state index contributed by atoms with van der Waals surface area (Å²) in [6.07, 6.45) is 9.65. The summed E-state index contributed by atoms with van der Waals surface area (Å²) in [4.78, 5) is 0.252. The third-order valence-electron chi connectivity index (χ3n) is 3.82. The van der Waals surface area contributed by atoms with Gasteiger partial charge in [0.05, 0.1) is 11.5 Å². The summed E-state index contributed by atoms with van der Waals surface area (Å²) >= 11 is 0. The van der Waals surface area contributed by atoms with E-state index in [1.807, 2.05) is 6.92 Å². The zero-order valence-corrected chi connectivity index (χ0v) is 16.5. The van der Waals surface area contributed by atoms with Crippen LogP contribution in [0.1, 0.15) is 51.5 Å². The molecule has 0 fully saturated rings. The summed E-state index contributed by atoms with van der Waals surface area (Å²) in [5.74, 6) is 0. The smallest absolute Gasteiger partial charge is 0.266 e. The van der Waals surface area contributed by atoms with Crippen molar-refractivity contribution in [1.29, 1.82) is 0 Å². The van der Waals surface area contributed by atoms with Crippen LogP contribution in [0.2, 0.25) is 0 Å². The first-order chi connectivity index (χ1) is 11.0. The molecule has 0 N–H and O–H groups in total. The van der Waals surface area contributed by atoms with Gasteiger partial charge in [-0.3, -0.25) is 4.18 Å². The van der Waals surface area contributed by atoms with E-state index in [1.165, 1.54) is 38.0 Å². The van der Waals surface area contributed by atoms with Crippen molar-refractivity contribution in [2.75, 3.05) is 25.1 Å². The van der Waals surface area contributed by atoms with Crippen molar-refractivity contribution in [2.24, 2.45) is 0 Å². The van der Waals surface area contributed by atoms with Gasteiger partial charge in [0.2, 0.25) is 0 Å². The number of hydrogen-bond acceptors (Lipinski definition) is 3. The molecule has 0 saturated heterocycles. The van der Waals surface area contributed by atoms with Crippen LogP contribution in [0.4, 0.5) is 0 Å². The number of rotatable bonds is 12. The fraction of sp³-hybridized carbons (Fsp3) is 0.667. The van der Waals surface area contributed by atoms with Gasteiger partial charge in [0.15, 0.2) is 0 Å². The Hall–Kier alpha value is -0.440. The summed E-state index contributed by atoms with van der Waals surface area (Å²) in [6, 6.07) is 6.82. The van der Waals surface area contributed by atoms with Crippen LogP contribution >= 0.6 is 7.92 Å². The van der Waals surface area contributed by atoms with E-state index in [-0.39, 0.29) is 12.8 Å². The zero-order chi connectivity index (χ0) is 17.1. The zero-order valence-electron chi connectivity index (χ0n) is 14.8. The third kappa shape index (κ3) is 8.28. The molecular weight excluding hydrogens is 327 g/mol. The average Bonchev–Trinajstić information content (AvgIpc) is 2.53. The molecule has 3 nitrogen and oxygen atoms in total. The minimum Gasteiger partial charge on any atom is -0.266 e. The van der Waals surface area contributed by atoms with Crippen LogP contribution in [-0.2, 0) is 14.3 Å². The number of aryl methyl sites for hydroxylation is 1. The fourth-order valence-corrected chi connectivity index (χ4v) is 6.05. The second kappa shape index (κ2) is 11.2. The minimum atomic E-state index is -3.60. The van der Waals surface area contributed by atoms with Gasteiger partial charge in [-0.15, -0.1) is 7.92 Å². The fourth-order valence-electron chi connectivity index (χ4n) is 2.33. The molecule has 23 heavy (non-hydrogen) atoms. The summed E-state index contributed by atoms with van der Waals surface area (Å²) in [7, 11) is -3.55. The van der Waals surface area contributed by atoms with E-state index in [1.54, 1.807) is 24.3 Å². The van der Waals surface area contributed by atoms with Crippen LogP contribution in [0.3, 0.4) is 0 Å². The molecule has 0 saturated carbocycles. The molecule has 0 aliphatic rings. The topological polar surface area (TPSA) is 43.4 Å². The van der Waals surface area contributed by atoms with Gasteiger partial charge in [-0.2, -0.15) is 8.42 Å². The third-order valence-corrected chi connectivity index (χ3v) is 8.00. The Morgan fingerprint density at radius 1 is 0.913 bits per heavy atom. The van der Waals surface area contributed by atoms with E-state index in [9.17, 15) is 8.42 Å². The number of unbranched alkanes of at least 4 members (excludes halogenated alkanes) is 2. The highest BCUT2D eigenvalue weighted by Crippen LogP contribution is 2.38. The molecule has 0 radical (unpaired) electrons. The van der Waals surface area contributed by atoms with Crippen LogP contribution in [0.5, 0.6) is 0 Å². The van der Waals surface area contributed by atoms with Crippen LogP contribution in [0.15, 0.2) is 29.2 Å². The molecule has 0 spiro atoms. The van der Waals surface area contributed by atoms with Gasteiger partial charge in [-0.1, -0.05) is 44.4 Å². The Morgan fingerprint density at radius 2 is 1.43 bits per heavy atom. The number of benzene rings is 1. The van der Waals surface area contributed by atoms with Crippen LogP contribution in [-0.4, -0.2) is 33.5 Å². The Bertz CT molecular complexity index is 518. The maximum absolute atomic E-state index is 12.1. The highest BCUT2D eigenvalue weighted by molar-refractivity contribution is 7.86. The molecule has 0 unspecified atom stereocenters. The van der Waals surface area contributed by atoms with Gasteiger partial charge in [0.25, 0.3) is 10.1 Å². The normalized spacial score (nSPS) is 12.0. The second-order valence-corrected chi connectivity index (χ2v) is 10.3. The van der Waals surface area contributed by atoms with E-state index >= 15 is 0 Å². The van der Waals surface area contributed by atoms with Crippen LogP contribution in [0.25, 0.3) is 0 Å². The lowest BCUT2D eigenvalue weighted by molar-refractivity contribution is 0.319. The lowest BCUT2D eigenvalue weighted by Crippen LogP contribution is -2.09. The molecule has 0 aromatic heterocycles. The Balaban J connectivity index is 2.40. The highest BCUT2D eigenvalue weighted by Gasteiger charge is 2.15. The summed E-state index contributed by atoms with van der Waals surface area (Å²) in [5.41, 5.74) is 1.04.